The number of fused-ring (bicyclic) bond motifs is 1. The maximum atomic E-state index is 6.26. The summed E-state index contributed by atoms with van der Waals surface area (Å²) >= 11 is 0. The van der Waals surface area contributed by atoms with Crippen molar-refractivity contribution in [1.29, 1.82) is 0 Å². The van der Waals surface area contributed by atoms with Gasteiger partial charge in [-0.2, -0.15) is 0 Å². The van der Waals surface area contributed by atoms with Crippen LogP contribution in [0.25, 0.3) is 5.65 Å². The molecule has 0 spiro atoms. The molecule has 26 heavy (non-hydrogen) atoms. The van der Waals surface area contributed by atoms with E-state index in [1.165, 1.54) is 19.3 Å². The van der Waals surface area contributed by atoms with E-state index in [2.05, 4.69) is 31.9 Å². The number of hydrogen-bond acceptors (Lipinski definition) is 5. The molecule has 2 aromatic heterocycles. The van der Waals surface area contributed by atoms with Crippen LogP contribution in [0.5, 0.6) is 0 Å². The number of hydrogen-bond donors (Lipinski definition) is 1. The fourth-order valence-corrected chi connectivity index (χ4v) is 4.09. The van der Waals surface area contributed by atoms with Crippen LogP contribution in [0.15, 0.2) is 23.7 Å². The summed E-state index contributed by atoms with van der Waals surface area (Å²) in [6.45, 7) is 7.07. The molecule has 0 bridgehead atoms. The van der Waals surface area contributed by atoms with Crippen LogP contribution in [0.2, 0.25) is 0 Å². The summed E-state index contributed by atoms with van der Waals surface area (Å²) < 4.78 is 1.92. The summed E-state index contributed by atoms with van der Waals surface area (Å²) in [4.78, 5) is 13.8. The first-order chi connectivity index (χ1) is 12.7. The topological polar surface area (TPSA) is 87.9 Å². The van der Waals surface area contributed by atoms with E-state index >= 15 is 0 Å². The average molecular weight is 356 g/mol. The lowest BCUT2D eigenvalue weighted by Crippen LogP contribution is -2.44. The molecule has 2 aromatic rings. The van der Waals surface area contributed by atoms with Gasteiger partial charge in [-0.1, -0.05) is 6.92 Å². The first-order valence-electron chi connectivity index (χ1n) is 9.65. The van der Waals surface area contributed by atoms with E-state index in [9.17, 15) is 0 Å². The zero-order valence-corrected chi connectivity index (χ0v) is 15.5. The van der Waals surface area contributed by atoms with Crippen molar-refractivity contribution in [2.75, 3.05) is 37.6 Å². The van der Waals surface area contributed by atoms with Crippen LogP contribution in [0.3, 0.4) is 0 Å². The molecule has 8 nitrogen and oxygen atoms in total. The van der Waals surface area contributed by atoms with E-state index in [1.807, 2.05) is 16.8 Å². The minimum absolute atomic E-state index is 0.495. The van der Waals surface area contributed by atoms with E-state index in [0.29, 0.717) is 17.8 Å². The maximum Gasteiger partial charge on any atom is 0.203 e. The zero-order valence-electron chi connectivity index (χ0n) is 15.5. The molecular formula is C18H28N8. The number of aromatic nitrogens is 4. The third kappa shape index (κ3) is 3.59. The Balaban J connectivity index is 1.41. The van der Waals surface area contributed by atoms with Crippen molar-refractivity contribution in [3.05, 3.63) is 18.7 Å². The number of anilines is 1. The van der Waals surface area contributed by atoms with Crippen LogP contribution in [-0.4, -0.2) is 63.2 Å². The molecule has 4 rings (SSSR count). The zero-order chi connectivity index (χ0) is 17.9. The molecule has 2 fully saturated rings. The molecular weight excluding hydrogens is 328 g/mol. The highest BCUT2D eigenvalue weighted by atomic mass is 15.3. The second-order valence-corrected chi connectivity index (χ2v) is 7.66. The first kappa shape index (κ1) is 17.1. The highest BCUT2D eigenvalue weighted by Crippen LogP contribution is 2.24. The Morgan fingerprint density at radius 2 is 2.15 bits per heavy atom. The van der Waals surface area contributed by atoms with Crippen LogP contribution >= 0.6 is 0 Å². The molecule has 0 amide bonds. The predicted molar refractivity (Wildman–Crippen MR) is 102 cm³/mol. The van der Waals surface area contributed by atoms with Gasteiger partial charge in [0.1, 0.15) is 6.33 Å². The van der Waals surface area contributed by atoms with Crippen molar-refractivity contribution < 1.29 is 0 Å². The Labute approximate surface area is 154 Å². The lowest BCUT2D eigenvalue weighted by Gasteiger charge is -2.34. The smallest absolute Gasteiger partial charge is 0.203 e. The van der Waals surface area contributed by atoms with E-state index in [1.54, 1.807) is 6.33 Å². The summed E-state index contributed by atoms with van der Waals surface area (Å²) in [5, 5.41) is 8.21. The number of piperidine rings is 2. The van der Waals surface area contributed by atoms with Crippen LogP contribution in [0.4, 0.5) is 5.82 Å². The van der Waals surface area contributed by atoms with Gasteiger partial charge in [-0.15, -0.1) is 10.2 Å². The second-order valence-electron chi connectivity index (χ2n) is 7.66. The average Bonchev–Trinajstić information content (AvgIpc) is 3.15. The van der Waals surface area contributed by atoms with Crippen LogP contribution in [0.1, 0.15) is 32.6 Å². The van der Waals surface area contributed by atoms with Gasteiger partial charge >= 0.3 is 0 Å². The minimum atomic E-state index is 0.495. The van der Waals surface area contributed by atoms with Crippen molar-refractivity contribution in [2.24, 2.45) is 22.6 Å². The van der Waals surface area contributed by atoms with Crippen molar-refractivity contribution in [3.8, 4) is 0 Å². The van der Waals surface area contributed by atoms with Gasteiger partial charge in [0, 0.05) is 45.1 Å². The van der Waals surface area contributed by atoms with Crippen molar-refractivity contribution >= 4 is 17.4 Å². The first-order valence-corrected chi connectivity index (χ1v) is 9.65. The normalized spacial score (nSPS) is 25.0. The Hall–Kier alpha value is -2.38. The van der Waals surface area contributed by atoms with Crippen molar-refractivity contribution in [2.45, 2.75) is 32.6 Å². The molecule has 8 heteroatoms. The Morgan fingerprint density at radius 1 is 1.27 bits per heavy atom. The number of aliphatic imine (C=N–C) groups is 1. The Morgan fingerprint density at radius 3 is 3.04 bits per heavy atom. The van der Waals surface area contributed by atoms with Crippen molar-refractivity contribution in [1.82, 2.24) is 24.5 Å². The predicted octanol–water partition coefficient (Wildman–Crippen LogP) is 1.39. The summed E-state index contributed by atoms with van der Waals surface area (Å²) in [6.07, 6.45) is 10.2. The van der Waals surface area contributed by atoms with Gasteiger partial charge < -0.3 is 15.5 Å². The quantitative estimate of drug-likeness (QED) is 0.660. The van der Waals surface area contributed by atoms with E-state index in [4.69, 9.17) is 10.7 Å². The maximum absolute atomic E-state index is 6.26. The fourth-order valence-electron chi connectivity index (χ4n) is 4.09. The summed E-state index contributed by atoms with van der Waals surface area (Å²) in [6, 6.07) is 0. The Kier molecular flexibility index (Phi) is 4.90. The van der Waals surface area contributed by atoms with Crippen LogP contribution < -0.4 is 10.6 Å². The molecule has 4 heterocycles. The van der Waals surface area contributed by atoms with Gasteiger partial charge in [0.25, 0.3) is 0 Å². The van der Waals surface area contributed by atoms with E-state index < -0.39 is 0 Å². The minimum Gasteiger partial charge on any atom is -0.370 e. The van der Waals surface area contributed by atoms with E-state index in [-0.39, 0.29) is 0 Å². The highest BCUT2D eigenvalue weighted by Gasteiger charge is 2.24. The SMILES string of the molecule is CC1CCCN(C(N)=NCC2CCCN(c3nccn4cnnc34)C2)C1. The van der Waals surface area contributed by atoms with Gasteiger partial charge in [0.2, 0.25) is 5.65 Å². The third-order valence-corrected chi connectivity index (χ3v) is 5.51. The van der Waals surface area contributed by atoms with E-state index in [0.717, 1.165) is 50.6 Å². The molecule has 0 saturated carbocycles. The summed E-state index contributed by atoms with van der Waals surface area (Å²) in [5.74, 6) is 2.83. The van der Waals surface area contributed by atoms with Gasteiger partial charge in [-0.05, 0) is 37.5 Å². The standard InChI is InChI=1S/C18H28N8/c1-14-4-2-8-25(11-14)18(19)21-10-15-5-3-7-24(12-15)16-17-23-22-13-26(17)9-6-20-16/h6,9,13-15H,2-5,7-8,10-12H2,1H3,(H2,19,21). The molecule has 0 aliphatic carbocycles. The molecule has 2 unspecified atom stereocenters. The number of nitrogens with zero attached hydrogens (tertiary/aromatic N) is 7. The lowest BCUT2D eigenvalue weighted by atomic mass is 9.98. The number of nitrogens with two attached hydrogens (primary N) is 1. The molecule has 2 aliphatic rings. The molecule has 2 aliphatic heterocycles. The largest absolute Gasteiger partial charge is 0.370 e. The molecule has 2 atom stereocenters. The second kappa shape index (κ2) is 7.47. The number of guanidine groups is 1. The summed E-state index contributed by atoms with van der Waals surface area (Å²) in [7, 11) is 0. The lowest BCUT2D eigenvalue weighted by molar-refractivity contribution is 0.269. The van der Waals surface area contributed by atoms with Gasteiger partial charge in [0.15, 0.2) is 11.8 Å². The monoisotopic (exact) mass is 356 g/mol. The third-order valence-electron chi connectivity index (χ3n) is 5.51. The van der Waals surface area contributed by atoms with Gasteiger partial charge in [0.05, 0.1) is 0 Å². The van der Waals surface area contributed by atoms with Crippen LogP contribution in [-0.2, 0) is 0 Å². The molecule has 2 N–H and O–H groups in total. The molecule has 2 saturated heterocycles. The number of likely N-dealkylation sites (tertiary alicyclic amines) is 1. The van der Waals surface area contributed by atoms with Crippen molar-refractivity contribution in [3.63, 3.8) is 0 Å². The number of rotatable bonds is 3. The molecule has 140 valence electrons. The Bertz CT molecular complexity index is 769. The highest BCUT2D eigenvalue weighted by molar-refractivity contribution is 5.78. The fraction of sp³-hybridized carbons (Fsp3) is 0.667. The molecule has 0 aromatic carbocycles. The van der Waals surface area contributed by atoms with Gasteiger partial charge in [-0.25, -0.2) is 4.98 Å². The van der Waals surface area contributed by atoms with Crippen LogP contribution in [0, 0.1) is 11.8 Å². The summed E-state index contributed by atoms with van der Waals surface area (Å²) in [5.41, 5.74) is 7.08. The van der Waals surface area contributed by atoms with Gasteiger partial charge in [-0.3, -0.25) is 9.39 Å². The molecule has 0 radical (unpaired) electrons.